The fourth-order valence-corrected chi connectivity index (χ4v) is 4.88. The topological polar surface area (TPSA) is 70.4 Å². The van der Waals surface area contributed by atoms with Gasteiger partial charge in [-0.05, 0) is 37.5 Å². The third-order valence-electron chi connectivity index (χ3n) is 7.22. The van der Waals surface area contributed by atoms with Gasteiger partial charge in [0.25, 0.3) is 5.91 Å². The summed E-state index contributed by atoms with van der Waals surface area (Å²) in [6, 6.07) is 12.2. The fourth-order valence-electron chi connectivity index (χ4n) is 4.88. The number of hydrazone groups is 1. The van der Waals surface area contributed by atoms with Crippen molar-refractivity contribution in [2.75, 3.05) is 45.9 Å². The lowest BCUT2D eigenvalue weighted by Gasteiger charge is -2.31. The van der Waals surface area contributed by atoms with E-state index in [1.165, 1.54) is 5.56 Å². The molecule has 1 aliphatic carbocycles. The standard InChI is InChI=1S/C27H35N5O3/c1-20-5-7-21(8-6-20)25-18-23(24-4-3-11-29(24)2)28-32(25)26(33)19-31(27(34)22-9-10-22)13-12-30-14-16-35-17-15-30/h3-8,11,22,25H,9-10,12-19H2,1-2H3. The summed E-state index contributed by atoms with van der Waals surface area (Å²) in [5, 5.41) is 6.43. The van der Waals surface area contributed by atoms with Gasteiger partial charge in [-0.2, -0.15) is 5.10 Å². The van der Waals surface area contributed by atoms with E-state index in [9.17, 15) is 9.59 Å². The molecule has 1 aromatic carbocycles. The smallest absolute Gasteiger partial charge is 0.262 e. The maximum absolute atomic E-state index is 13.7. The molecule has 2 aliphatic heterocycles. The molecule has 35 heavy (non-hydrogen) atoms. The van der Waals surface area contributed by atoms with Gasteiger partial charge < -0.3 is 14.2 Å². The Morgan fingerprint density at radius 3 is 2.51 bits per heavy atom. The first-order valence-corrected chi connectivity index (χ1v) is 12.7. The van der Waals surface area contributed by atoms with Crippen LogP contribution in [-0.2, 0) is 21.4 Å². The van der Waals surface area contributed by atoms with Crippen LogP contribution in [0.5, 0.6) is 0 Å². The van der Waals surface area contributed by atoms with Crippen molar-refractivity contribution in [1.29, 1.82) is 0 Å². The summed E-state index contributed by atoms with van der Waals surface area (Å²) in [6.45, 7) is 6.61. The Morgan fingerprint density at radius 2 is 1.86 bits per heavy atom. The molecule has 8 heteroatoms. The molecule has 0 N–H and O–H groups in total. The molecule has 1 atom stereocenters. The van der Waals surface area contributed by atoms with E-state index in [-0.39, 0.29) is 30.3 Å². The monoisotopic (exact) mass is 477 g/mol. The van der Waals surface area contributed by atoms with Crippen molar-refractivity contribution in [3.05, 3.63) is 59.4 Å². The summed E-state index contributed by atoms with van der Waals surface area (Å²) in [5.41, 5.74) is 4.14. The zero-order valence-corrected chi connectivity index (χ0v) is 20.7. The molecule has 0 spiro atoms. The second-order valence-corrected chi connectivity index (χ2v) is 9.91. The molecule has 1 unspecified atom stereocenters. The van der Waals surface area contributed by atoms with E-state index in [0.717, 1.165) is 62.7 Å². The zero-order valence-electron chi connectivity index (χ0n) is 20.7. The summed E-state index contributed by atoms with van der Waals surface area (Å²) in [4.78, 5) is 30.8. The van der Waals surface area contributed by atoms with Crippen molar-refractivity contribution in [3.8, 4) is 0 Å². The molecule has 1 aromatic heterocycles. The van der Waals surface area contributed by atoms with Gasteiger partial charge in [-0.1, -0.05) is 29.8 Å². The molecule has 8 nitrogen and oxygen atoms in total. The third-order valence-corrected chi connectivity index (χ3v) is 7.22. The van der Waals surface area contributed by atoms with Crippen LogP contribution in [0.25, 0.3) is 0 Å². The Hall–Kier alpha value is -2.97. The normalized spacial score (nSPS) is 20.7. The van der Waals surface area contributed by atoms with Gasteiger partial charge in [0.1, 0.15) is 6.54 Å². The lowest BCUT2D eigenvalue weighted by Crippen LogP contribution is -2.47. The highest BCUT2D eigenvalue weighted by Crippen LogP contribution is 2.34. The van der Waals surface area contributed by atoms with Crippen molar-refractivity contribution in [2.24, 2.45) is 18.1 Å². The maximum Gasteiger partial charge on any atom is 0.262 e. The van der Waals surface area contributed by atoms with Gasteiger partial charge in [-0.25, -0.2) is 5.01 Å². The predicted molar refractivity (Wildman–Crippen MR) is 134 cm³/mol. The Labute approximate surface area is 207 Å². The Kier molecular flexibility index (Phi) is 7.02. The molecule has 2 amide bonds. The minimum atomic E-state index is -0.176. The molecule has 3 aliphatic rings. The lowest BCUT2D eigenvalue weighted by molar-refractivity contribution is -0.142. The van der Waals surface area contributed by atoms with Crippen molar-refractivity contribution in [1.82, 2.24) is 19.4 Å². The number of benzene rings is 1. The van der Waals surface area contributed by atoms with E-state index in [1.807, 2.05) is 29.9 Å². The quantitative estimate of drug-likeness (QED) is 0.586. The molecule has 1 saturated heterocycles. The number of nitrogens with zero attached hydrogens (tertiary/aromatic N) is 5. The molecule has 3 heterocycles. The maximum atomic E-state index is 13.7. The van der Waals surface area contributed by atoms with Crippen molar-refractivity contribution in [2.45, 2.75) is 32.2 Å². The highest BCUT2D eigenvalue weighted by atomic mass is 16.5. The summed E-state index contributed by atoms with van der Waals surface area (Å²) in [6.07, 6.45) is 4.49. The average molecular weight is 478 g/mol. The number of carbonyl (C=O) groups excluding carboxylic acids is 2. The highest BCUT2D eigenvalue weighted by molar-refractivity contribution is 6.02. The third kappa shape index (κ3) is 5.49. The average Bonchev–Trinajstić information content (AvgIpc) is 3.49. The molecular formula is C27H35N5O3. The van der Waals surface area contributed by atoms with E-state index >= 15 is 0 Å². The fraction of sp³-hybridized carbons (Fsp3) is 0.519. The Bertz CT molecular complexity index is 1080. The van der Waals surface area contributed by atoms with Crippen LogP contribution in [0.15, 0.2) is 47.7 Å². The molecular weight excluding hydrogens is 442 g/mol. The van der Waals surface area contributed by atoms with E-state index in [0.29, 0.717) is 13.0 Å². The van der Waals surface area contributed by atoms with Crippen LogP contribution in [0, 0.1) is 12.8 Å². The molecule has 1 saturated carbocycles. The highest BCUT2D eigenvalue weighted by Gasteiger charge is 2.38. The summed E-state index contributed by atoms with van der Waals surface area (Å²) in [7, 11) is 1.99. The van der Waals surface area contributed by atoms with Gasteiger partial charge in [0.15, 0.2) is 0 Å². The van der Waals surface area contributed by atoms with Gasteiger partial charge in [0, 0.05) is 51.8 Å². The van der Waals surface area contributed by atoms with E-state index in [2.05, 4.69) is 36.1 Å². The number of rotatable bonds is 8. The van der Waals surface area contributed by atoms with Crippen LogP contribution in [-0.4, -0.2) is 82.8 Å². The minimum Gasteiger partial charge on any atom is -0.379 e. The summed E-state index contributed by atoms with van der Waals surface area (Å²) in [5.74, 6) is 0.0430. The number of aromatic nitrogens is 1. The second kappa shape index (κ2) is 10.3. The molecule has 5 rings (SSSR count). The number of amides is 2. The van der Waals surface area contributed by atoms with Crippen LogP contribution >= 0.6 is 0 Å². The zero-order chi connectivity index (χ0) is 24.4. The largest absolute Gasteiger partial charge is 0.379 e. The molecule has 0 radical (unpaired) electrons. The first kappa shape index (κ1) is 23.8. The van der Waals surface area contributed by atoms with Crippen LogP contribution in [0.1, 0.15) is 42.1 Å². The van der Waals surface area contributed by atoms with Crippen molar-refractivity contribution in [3.63, 3.8) is 0 Å². The Morgan fingerprint density at radius 1 is 1.11 bits per heavy atom. The number of aryl methyl sites for hydroxylation is 2. The number of carbonyl (C=O) groups is 2. The molecule has 2 aromatic rings. The first-order valence-electron chi connectivity index (χ1n) is 12.7. The minimum absolute atomic E-state index is 0.0615. The van der Waals surface area contributed by atoms with Gasteiger partial charge in [0.2, 0.25) is 5.91 Å². The second-order valence-electron chi connectivity index (χ2n) is 9.91. The SMILES string of the molecule is Cc1ccc(C2CC(c3cccn3C)=NN2C(=O)CN(CCN2CCOCC2)C(=O)C2CC2)cc1. The molecule has 2 fully saturated rings. The van der Waals surface area contributed by atoms with E-state index in [1.54, 1.807) is 9.91 Å². The number of hydrogen-bond acceptors (Lipinski definition) is 5. The summed E-state index contributed by atoms with van der Waals surface area (Å²) < 4.78 is 7.48. The number of morpholine rings is 1. The van der Waals surface area contributed by atoms with E-state index < -0.39 is 0 Å². The van der Waals surface area contributed by atoms with Gasteiger partial charge >= 0.3 is 0 Å². The van der Waals surface area contributed by atoms with E-state index in [4.69, 9.17) is 9.84 Å². The molecule has 0 bridgehead atoms. The van der Waals surface area contributed by atoms with Crippen LogP contribution < -0.4 is 0 Å². The van der Waals surface area contributed by atoms with Crippen LogP contribution in [0.3, 0.4) is 0 Å². The van der Waals surface area contributed by atoms with Gasteiger partial charge in [-0.15, -0.1) is 0 Å². The Balaban J connectivity index is 1.35. The van der Waals surface area contributed by atoms with Gasteiger partial charge in [-0.3, -0.25) is 14.5 Å². The van der Waals surface area contributed by atoms with Crippen LogP contribution in [0.4, 0.5) is 0 Å². The number of ether oxygens (including phenoxy) is 1. The lowest BCUT2D eigenvalue weighted by atomic mass is 9.99. The predicted octanol–water partition coefficient (Wildman–Crippen LogP) is 2.58. The molecule has 186 valence electrons. The first-order chi connectivity index (χ1) is 17.0. The number of hydrogen-bond donors (Lipinski definition) is 0. The van der Waals surface area contributed by atoms with Crippen molar-refractivity contribution < 1.29 is 14.3 Å². The van der Waals surface area contributed by atoms with Crippen LogP contribution in [0.2, 0.25) is 0 Å². The summed E-state index contributed by atoms with van der Waals surface area (Å²) >= 11 is 0. The van der Waals surface area contributed by atoms with Gasteiger partial charge in [0.05, 0.1) is 30.7 Å². The van der Waals surface area contributed by atoms with Crippen molar-refractivity contribution >= 4 is 17.5 Å².